The van der Waals surface area contributed by atoms with Crippen molar-refractivity contribution in [1.29, 1.82) is 0 Å². The van der Waals surface area contributed by atoms with Crippen molar-refractivity contribution >= 4 is 17.6 Å². The molecule has 16 heavy (non-hydrogen) atoms. The minimum Gasteiger partial charge on any atom is -0.478 e. The smallest absolute Gasteiger partial charge is 0.336 e. The van der Waals surface area contributed by atoms with Crippen LogP contribution in [-0.4, -0.2) is 39.1 Å². The summed E-state index contributed by atoms with van der Waals surface area (Å²) in [5.41, 5.74) is -0.189. The molecule has 88 valence electrons. The molecule has 0 aliphatic carbocycles. The maximum atomic E-state index is 10.9. The van der Waals surface area contributed by atoms with Gasteiger partial charge in [0.05, 0.1) is 12.2 Å². The maximum Gasteiger partial charge on any atom is 0.336 e. The lowest BCUT2D eigenvalue weighted by Crippen LogP contribution is -2.23. The molecular weight excluding hydrogens is 236 g/mol. The Bertz CT molecular complexity index is 393. The second-order valence-electron chi connectivity index (χ2n) is 3.23. The first kappa shape index (κ1) is 12.9. The highest BCUT2D eigenvalue weighted by molar-refractivity contribution is 6.30. The molecule has 6 heteroatoms. The first-order valence-corrected chi connectivity index (χ1v) is 4.85. The van der Waals surface area contributed by atoms with E-state index in [1.165, 1.54) is 18.2 Å². The summed E-state index contributed by atoms with van der Waals surface area (Å²) in [4.78, 5) is 10.9. The number of rotatable bonds is 4. The zero-order valence-corrected chi connectivity index (χ0v) is 8.92. The Morgan fingerprint density at radius 2 is 2.00 bits per heavy atom. The fraction of sp³-hybridized carbons (Fsp3) is 0.300. The summed E-state index contributed by atoms with van der Waals surface area (Å²) >= 11 is 5.62. The monoisotopic (exact) mass is 246 g/mol. The summed E-state index contributed by atoms with van der Waals surface area (Å²) in [6, 6.07) is 3.87. The first-order valence-electron chi connectivity index (χ1n) is 4.47. The third kappa shape index (κ3) is 2.70. The van der Waals surface area contributed by atoms with Gasteiger partial charge in [0.1, 0.15) is 12.2 Å². The molecule has 2 unspecified atom stereocenters. The van der Waals surface area contributed by atoms with Crippen LogP contribution >= 0.6 is 11.6 Å². The summed E-state index contributed by atoms with van der Waals surface area (Å²) < 4.78 is 0. The van der Waals surface area contributed by atoms with E-state index < -0.39 is 24.8 Å². The lowest BCUT2D eigenvalue weighted by molar-refractivity contribution is -0.0157. The van der Waals surface area contributed by atoms with E-state index in [1.54, 1.807) is 0 Å². The van der Waals surface area contributed by atoms with Crippen LogP contribution in [0.1, 0.15) is 22.0 Å². The van der Waals surface area contributed by atoms with E-state index in [0.717, 1.165) is 0 Å². The SMILES string of the molecule is O=C(O)c1cc(Cl)ccc1C(O)C(O)CO. The van der Waals surface area contributed by atoms with Crippen LogP contribution in [0.5, 0.6) is 0 Å². The van der Waals surface area contributed by atoms with Crippen LogP contribution in [0.2, 0.25) is 5.02 Å². The molecular formula is C10H11ClO5. The van der Waals surface area contributed by atoms with E-state index in [1.807, 2.05) is 0 Å². The molecule has 2 atom stereocenters. The fourth-order valence-electron chi connectivity index (χ4n) is 1.28. The van der Waals surface area contributed by atoms with Crippen molar-refractivity contribution in [1.82, 2.24) is 0 Å². The molecule has 0 fully saturated rings. The van der Waals surface area contributed by atoms with Gasteiger partial charge in [-0.25, -0.2) is 4.79 Å². The summed E-state index contributed by atoms with van der Waals surface area (Å²) in [6.07, 6.45) is -2.90. The highest BCUT2D eigenvalue weighted by atomic mass is 35.5. The Morgan fingerprint density at radius 3 is 2.50 bits per heavy atom. The van der Waals surface area contributed by atoms with E-state index in [9.17, 15) is 15.0 Å². The third-order valence-electron chi connectivity index (χ3n) is 2.12. The minimum absolute atomic E-state index is 0.0125. The van der Waals surface area contributed by atoms with Crippen LogP contribution in [0.3, 0.4) is 0 Å². The second kappa shape index (κ2) is 5.27. The molecule has 1 rings (SSSR count). The van der Waals surface area contributed by atoms with Gasteiger partial charge in [0.2, 0.25) is 0 Å². The Labute approximate surface area is 96.5 Å². The molecule has 5 nitrogen and oxygen atoms in total. The average molecular weight is 247 g/mol. The maximum absolute atomic E-state index is 10.9. The third-order valence-corrected chi connectivity index (χ3v) is 2.35. The molecule has 1 aromatic carbocycles. The summed E-state index contributed by atoms with van der Waals surface area (Å²) in [6.45, 7) is -0.664. The molecule has 0 saturated carbocycles. The number of carboxylic acids is 1. The van der Waals surface area contributed by atoms with E-state index in [4.69, 9.17) is 21.8 Å². The summed E-state index contributed by atoms with van der Waals surface area (Å²) in [5.74, 6) is -1.26. The van der Waals surface area contributed by atoms with Crippen LogP contribution in [-0.2, 0) is 0 Å². The van der Waals surface area contributed by atoms with Crippen LogP contribution in [0, 0.1) is 0 Å². The van der Waals surface area contributed by atoms with Gasteiger partial charge in [0, 0.05) is 5.02 Å². The van der Waals surface area contributed by atoms with Crippen LogP contribution in [0.15, 0.2) is 18.2 Å². The molecule has 0 radical (unpaired) electrons. The van der Waals surface area contributed by atoms with Gasteiger partial charge in [-0.3, -0.25) is 0 Å². The topological polar surface area (TPSA) is 98.0 Å². The number of carbonyl (C=O) groups is 1. The van der Waals surface area contributed by atoms with Gasteiger partial charge < -0.3 is 20.4 Å². The number of aliphatic hydroxyl groups excluding tert-OH is 3. The number of benzene rings is 1. The number of aromatic carboxylic acids is 1. The number of carboxylic acid groups (broad SMARTS) is 1. The molecule has 0 bridgehead atoms. The Hall–Kier alpha value is -1.14. The van der Waals surface area contributed by atoms with E-state index in [2.05, 4.69) is 0 Å². The van der Waals surface area contributed by atoms with E-state index in [0.29, 0.717) is 0 Å². The molecule has 0 saturated heterocycles. The average Bonchev–Trinajstić information content (AvgIpc) is 2.26. The highest BCUT2D eigenvalue weighted by Crippen LogP contribution is 2.24. The minimum atomic E-state index is -1.46. The van der Waals surface area contributed by atoms with Gasteiger partial charge >= 0.3 is 5.97 Å². The van der Waals surface area contributed by atoms with Crippen LogP contribution in [0.25, 0.3) is 0 Å². The highest BCUT2D eigenvalue weighted by Gasteiger charge is 2.23. The quantitative estimate of drug-likeness (QED) is 0.617. The van der Waals surface area contributed by atoms with Gasteiger partial charge in [0.25, 0.3) is 0 Å². The van der Waals surface area contributed by atoms with E-state index in [-0.39, 0.29) is 16.1 Å². The summed E-state index contributed by atoms with van der Waals surface area (Å²) in [7, 11) is 0. The molecule has 0 heterocycles. The lowest BCUT2D eigenvalue weighted by atomic mass is 9.99. The molecule has 0 amide bonds. The molecule has 1 aromatic rings. The van der Waals surface area contributed by atoms with Gasteiger partial charge in [-0.15, -0.1) is 0 Å². The predicted molar refractivity (Wildman–Crippen MR) is 56.5 cm³/mol. The number of aliphatic hydroxyl groups is 3. The Morgan fingerprint density at radius 1 is 1.38 bits per heavy atom. The van der Waals surface area contributed by atoms with Gasteiger partial charge in [-0.2, -0.15) is 0 Å². The Balaban J connectivity index is 3.17. The zero-order valence-electron chi connectivity index (χ0n) is 8.17. The van der Waals surface area contributed by atoms with Crippen LogP contribution < -0.4 is 0 Å². The molecule has 0 aromatic heterocycles. The lowest BCUT2D eigenvalue weighted by Gasteiger charge is -2.17. The van der Waals surface area contributed by atoms with Crippen molar-refractivity contribution in [2.75, 3.05) is 6.61 Å². The predicted octanol–water partition coefficient (Wildman–Crippen LogP) is 0.425. The van der Waals surface area contributed by atoms with Gasteiger partial charge in [-0.1, -0.05) is 17.7 Å². The van der Waals surface area contributed by atoms with Crippen molar-refractivity contribution < 1.29 is 25.2 Å². The van der Waals surface area contributed by atoms with Crippen molar-refractivity contribution in [2.24, 2.45) is 0 Å². The largest absolute Gasteiger partial charge is 0.478 e. The van der Waals surface area contributed by atoms with E-state index >= 15 is 0 Å². The van der Waals surface area contributed by atoms with Crippen molar-refractivity contribution in [3.63, 3.8) is 0 Å². The van der Waals surface area contributed by atoms with Crippen molar-refractivity contribution in [3.05, 3.63) is 34.3 Å². The van der Waals surface area contributed by atoms with Gasteiger partial charge in [-0.05, 0) is 17.7 Å². The number of hydrogen-bond acceptors (Lipinski definition) is 4. The first-order chi connectivity index (χ1) is 7.47. The van der Waals surface area contributed by atoms with Crippen LogP contribution in [0.4, 0.5) is 0 Å². The van der Waals surface area contributed by atoms with Crippen molar-refractivity contribution in [2.45, 2.75) is 12.2 Å². The van der Waals surface area contributed by atoms with Gasteiger partial charge in [0.15, 0.2) is 0 Å². The fourth-order valence-corrected chi connectivity index (χ4v) is 1.45. The number of hydrogen-bond donors (Lipinski definition) is 4. The number of halogens is 1. The molecule has 0 aliphatic rings. The Kier molecular flexibility index (Phi) is 4.26. The standard InChI is InChI=1S/C10H11ClO5/c11-5-1-2-6(7(3-5)10(15)16)9(14)8(13)4-12/h1-3,8-9,12-14H,4H2,(H,15,16). The normalized spacial score (nSPS) is 14.5. The van der Waals surface area contributed by atoms with Crippen molar-refractivity contribution in [3.8, 4) is 0 Å². The second-order valence-corrected chi connectivity index (χ2v) is 3.67. The molecule has 0 aliphatic heterocycles. The molecule has 0 spiro atoms. The zero-order chi connectivity index (χ0) is 12.3. The molecule has 4 N–H and O–H groups in total. The summed E-state index contributed by atoms with van der Waals surface area (Å²) in [5, 5.41) is 36.6.